The molecule has 5 heteroatoms. The van der Waals surface area contributed by atoms with Crippen molar-refractivity contribution in [3.05, 3.63) is 29.3 Å². The zero-order valence-electron chi connectivity index (χ0n) is 14.9. The van der Waals surface area contributed by atoms with Crippen molar-refractivity contribution in [2.45, 2.75) is 65.0 Å². The zero-order valence-corrected chi connectivity index (χ0v) is 14.9. The minimum atomic E-state index is -0.987. The Kier molecular flexibility index (Phi) is 5.52. The summed E-state index contributed by atoms with van der Waals surface area (Å²) in [4.78, 5) is 23.5. The standard InChI is InChI=1S/C19H27NO4/c1-5-12(2)17(18(22)23)20-16(21)11-13-6-7-15-14(10-13)8-9-19(3,4)24-15/h6-7,10,12,17H,5,8-9,11H2,1-4H3,(H,20,21)(H,22,23). The Morgan fingerprint density at radius 3 is 2.71 bits per heavy atom. The van der Waals surface area contributed by atoms with E-state index in [-0.39, 0.29) is 23.8 Å². The van der Waals surface area contributed by atoms with Crippen molar-refractivity contribution in [2.75, 3.05) is 0 Å². The Labute approximate surface area is 143 Å². The lowest BCUT2D eigenvalue weighted by Gasteiger charge is -2.32. The van der Waals surface area contributed by atoms with E-state index >= 15 is 0 Å². The van der Waals surface area contributed by atoms with E-state index in [1.807, 2.05) is 32.0 Å². The normalized spacial score (nSPS) is 18.0. The molecular formula is C19H27NO4. The third kappa shape index (κ3) is 4.49. The van der Waals surface area contributed by atoms with E-state index in [2.05, 4.69) is 19.2 Å². The van der Waals surface area contributed by atoms with Crippen LogP contribution in [-0.4, -0.2) is 28.6 Å². The van der Waals surface area contributed by atoms with Crippen molar-refractivity contribution in [2.24, 2.45) is 5.92 Å². The summed E-state index contributed by atoms with van der Waals surface area (Å²) in [5, 5.41) is 11.9. The van der Waals surface area contributed by atoms with Crippen LogP contribution in [0.1, 0.15) is 51.7 Å². The molecule has 2 atom stereocenters. The summed E-state index contributed by atoms with van der Waals surface area (Å²) in [6, 6.07) is 4.92. The highest BCUT2D eigenvalue weighted by Crippen LogP contribution is 2.33. The summed E-state index contributed by atoms with van der Waals surface area (Å²) in [6.45, 7) is 7.88. The second kappa shape index (κ2) is 7.24. The molecule has 0 saturated carbocycles. The van der Waals surface area contributed by atoms with Crippen LogP contribution in [0, 0.1) is 5.92 Å². The quantitative estimate of drug-likeness (QED) is 0.839. The third-order valence-electron chi connectivity index (χ3n) is 4.67. The van der Waals surface area contributed by atoms with E-state index in [9.17, 15) is 14.7 Å². The van der Waals surface area contributed by atoms with Crippen molar-refractivity contribution < 1.29 is 19.4 Å². The fourth-order valence-electron chi connectivity index (χ4n) is 2.92. The number of aryl methyl sites for hydroxylation is 1. The van der Waals surface area contributed by atoms with Gasteiger partial charge in [-0.05, 0) is 49.8 Å². The molecule has 0 aliphatic carbocycles. The first-order valence-corrected chi connectivity index (χ1v) is 8.55. The van der Waals surface area contributed by atoms with E-state index in [0.29, 0.717) is 6.42 Å². The van der Waals surface area contributed by atoms with Crippen LogP contribution < -0.4 is 10.1 Å². The molecule has 1 aliphatic heterocycles. The van der Waals surface area contributed by atoms with Crippen LogP contribution in [0.15, 0.2) is 18.2 Å². The maximum absolute atomic E-state index is 12.2. The number of hydrogen-bond acceptors (Lipinski definition) is 3. The Hall–Kier alpha value is -2.04. The Balaban J connectivity index is 2.03. The van der Waals surface area contributed by atoms with Crippen molar-refractivity contribution >= 4 is 11.9 Å². The van der Waals surface area contributed by atoms with Crippen molar-refractivity contribution in [1.29, 1.82) is 0 Å². The number of nitrogens with one attached hydrogen (secondary N) is 1. The molecule has 2 rings (SSSR count). The van der Waals surface area contributed by atoms with Crippen LogP contribution in [0.3, 0.4) is 0 Å². The summed E-state index contributed by atoms with van der Waals surface area (Å²) >= 11 is 0. The van der Waals surface area contributed by atoms with E-state index in [1.54, 1.807) is 0 Å². The van der Waals surface area contributed by atoms with Gasteiger partial charge >= 0.3 is 5.97 Å². The minimum absolute atomic E-state index is 0.106. The average molecular weight is 333 g/mol. The number of carbonyl (C=O) groups excluding carboxylic acids is 1. The van der Waals surface area contributed by atoms with Crippen LogP contribution in [0.25, 0.3) is 0 Å². The topological polar surface area (TPSA) is 75.6 Å². The number of fused-ring (bicyclic) bond motifs is 1. The highest BCUT2D eigenvalue weighted by molar-refractivity contribution is 5.85. The molecule has 24 heavy (non-hydrogen) atoms. The molecule has 0 aromatic heterocycles. The van der Waals surface area contributed by atoms with Gasteiger partial charge in [0.1, 0.15) is 17.4 Å². The number of benzene rings is 1. The molecule has 1 aromatic carbocycles. The molecule has 132 valence electrons. The van der Waals surface area contributed by atoms with Crippen LogP contribution in [0.2, 0.25) is 0 Å². The van der Waals surface area contributed by atoms with E-state index in [0.717, 1.165) is 29.7 Å². The van der Waals surface area contributed by atoms with Gasteiger partial charge < -0.3 is 15.2 Å². The van der Waals surface area contributed by atoms with E-state index in [1.165, 1.54) is 0 Å². The van der Waals surface area contributed by atoms with Crippen molar-refractivity contribution in [3.8, 4) is 5.75 Å². The molecule has 1 aliphatic rings. The van der Waals surface area contributed by atoms with Gasteiger partial charge in [0.05, 0.1) is 6.42 Å². The molecule has 0 spiro atoms. The summed E-state index contributed by atoms with van der Waals surface area (Å²) in [7, 11) is 0. The molecule has 0 saturated heterocycles. The van der Waals surface area contributed by atoms with Gasteiger partial charge in [-0.3, -0.25) is 4.79 Å². The number of ether oxygens (including phenoxy) is 1. The van der Waals surface area contributed by atoms with Crippen LogP contribution in [0.5, 0.6) is 5.75 Å². The van der Waals surface area contributed by atoms with Gasteiger partial charge in [0.25, 0.3) is 0 Å². The monoisotopic (exact) mass is 333 g/mol. The molecule has 0 radical (unpaired) electrons. The lowest BCUT2D eigenvalue weighted by molar-refractivity contribution is -0.143. The lowest BCUT2D eigenvalue weighted by Crippen LogP contribution is -2.45. The highest BCUT2D eigenvalue weighted by Gasteiger charge is 2.27. The first-order valence-electron chi connectivity index (χ1n) is 8.55. The van der Waals surface area contributed by atoms with Crippen molar-refractivity contribution in [3.63, 3.8) is 0 Å². The molecule has 5 nitrogen and oxygen atoms in total. The van der Waals surface area contributed by atoms with Crippen LogP contribution in [-0.2, 0) is 22.4 Å². The predicted octanol–water partition coefficient (Wildman–Crippen LogP) is 2.95. The third-order valence-corrected chi connectivity index (χ3v) is 4.67. The summed E-state index contributed by atoms with van der Waals surface area (Å²) in [5.41, 5.74) is 1.83. The Morgan fingerprint density at radius 1 is 1.38 bits per heavy atom. The smallest absolute Gasteiger partial charge is 0.326 e. The van der Waals surface area contributed by atoms with Crippen LogP contribution >= 0.6 is 0 Å². The molecule has 0 bridgehead atoms. The first kappa shape index (κ1) is 18.3. The number of hydrogen-bond donors (Lipinski definition) is 2. The molecule has 0 fully saturated rings. The zero-order chi connectivity index (χ0) is 17.9. The first-order chi connectivity index (χ1) is 11.2. The number of carboxylic acids is 1. The van der Waals surface area contributed by atoms with Gasteiger partial charge in [0.15, 0.2) is 0 Å². The molecular weight excluding hydrogens is 306 g/mol. The summed E-state index contributed by atoms with van der Waals surface area (Å²) in [6.07, 6.45) is 2.73. The Morgan fingerprint density at radius 2 is 2.08 bits per heavy atom. The summed E-state index contributed by atoms with van der Waals surface area (Å²) < 4.78 is 5.94. The summed E-state index contributed by atoms with van der Waals surface area (Å²) in [5.74, 6) is -0.484. The average Bonchev–Trinajstić information content (AvgIpc) is 2.51. The van der Waals surface area contributed by atoms with Crippen LogP contribution in [0.4, 0.5) is 0 Å². The second-order valence-corrected chi connectivity index (χ2v) is 7.25. The number of amides is 1. The fourth-order valence-corrected chi connectivity index (χ4v) is 2.92. The maximum Gasteiger partial charge on any atom is 0.326 e. The number of aliphatic carboxylic acids is 1. The molecule has 1 heterocycles. The number of carbonyl (C=O) groups is 2. The largest absolute Gasteiger partial charge is 0.488 e. The van der Waals surface area contributed by atoms with Crippen molar-refractivity contribution in [1.82, 2.24) is 5.32 Å². The molecule has 1 amide bonds. The maximum atomic E-state index is 12.2. The molecule has 2 N–H and O–H groups in total. The van der Waals surface area contributed by atoms with E-state index in [4.69, 9.17) is 4.74 Å². The predicted molar refractivity (Wildman–Crippen MR) is 92.2 cm³/mol. The fraction of sp³-hybridized carbons (Fsp3) is 0.579. The SMILES string of the molecule is CCC(C)C(NC(=O)Cc1ccc2c(c1)CCC(C)(C)O2)C(=O)O. The van der Waals surface area contributed by atoms with Gasteiger partial charge in [-0.2, -0.15) is 0 Å². The minimum Gasteiger partial charge on any atom is -0.488 e. The van der Waals surface area contributed by atoms with Gasteiger partial charge in [0.2, 0.25) is 5.91 Å². The number of carboxylic acid groups (broad SMARTS) is 1. The molecule has 1 aromatic rings. The lowest BCUT2D eigenvalue weighted by atomic mass is 9.93. The van der Waals surface area contributed by atoms with Gasteiger partial charge in [-0.25, -0.2) is 4.79 Å². The Bertz CT molecular complexity index is 624. The molecule has 2 unspecified atom stereocenters. The van der Waals surface area contributed by atoms with Gasteiger partial charge in [-0.1, -0.05) is 32.4 Å². The van der Waals surface area contributed by atoms with Gasteiger partial charge in [0, 0.05) is 0 Å². The second-order valence-electron chi connectivity index (χ2n) is 7.25. The van der Waals surface area contributed by atoms with E-state index < -0.39 is 12.0 Å². The van der Waals surface area contributed by atoms with Gasteiger partial charge in [-0.15, -0.1) is 0 Å². The number of rotatable bonds is 6. The highest BCUT2D eigenvalue weighted by atomic mass is 16.5.